The van der Waals surface area contributed by atoms with Gasteiger partial charge in [-0.05, 0) is 43.5 Å². The Labute approximate surface area is 160 Å². The Morgan fingerprint density at radius 2 is 1.85 bits per heavy atom. The third-order valence-electron chi connectivity index (χ3n) is 4.14. The summed E-state index contributed by atoms with van der Waals surface area (Å²) < 4.78 is 24.5. The first-order chi connectivity index (χ1) is 12.2. The van der Waals surface area contributed by atoms with E-state index in [0.29, 0.717) is 5.69 Å². The average molecular weight is 395 g/mol. The fourth-order valence-electron chi connectivity index (χ4n) is 2.48. The molecule has 0 saturated heterocycles. The van der Waals surface area contributed by atoms with E-state index in [4.69, 9.17) is 11.6 Å². The van der Waals surface area contributed by atoms with Crippen LogP contribution in [0.3, 0.4) is 0 Å². The topological polar surface area (TPSA) is 66.5 Å². The molecule has 0 aromatic heterocycles. The number of nitrogens with zero attached hydrogens (tertiary/aromatic N) is 1. The van der Waals surface area contributed by atoms with Crippen LogP contribution in [-0.4, -0.2) is 33.7 Å². The van der Waals surface area contributed by atoms with Gasteiger partial charge in [-0.1, -0.05) is 41.9 Å². The first-order valence-electron chi connectivity index (χ1n) is 8.26. The van der Waals surface area contributed by atoms with E-state index in [1.807, 2.05) is 25.1 Å². The Bertz CT molecular complexity index is 870. The summed E-state index contributed by atoms with van der Waals surface area (Å²) in [4.78, 5) is 12.5. The van der Waals surface area contributed by atoms with E-state index < -0.39 is 10.0 Å². The molecule has 2 rings (SSSR count). The minimum absolute atomic E-state index is 0.0462. The largest absolute Gasteiger partial charge is 0.350 e. The maximum absolute atomic E-state index is 12.5. The number of aryl methyl sites for hydroxylation is 1. The van der Waals surface area contributed by atoms with Crippen LogP contribution >= 0.6 is 11.6 Å². The first-order valence-corrected chi connectivity index (χ1v) is 10.5. The smallest absolute Gasteiger partial charge is 0.253 e. The lowest BCUT2D eigenvalue weighted by Crippen LogP contribution is -2.33. The molecule has 1 atom stereocenters. The summed E-state index contributed by atoms with van der Waals surface area (Å²) in [5.74, 6) is -0.320. The molecule has 1 N–H and O–H groups in total. The van der Waals surface area contributed by atoms with E-state index in [1.165, 1.54) is 24.7 Å². The van der Waals surface area contributed by atoms with Crippen molar-refractivity contribution >= 4 is 33.2 Å². The van der Waals surface area contributed by atoms with Crippen molar-refractivity contribution in [1.82, 2.24) is 5.32 Å². The molecule has 7 heteroatoms. The molecular formula is C19H23ClN2O3S. The van der Waals surface area contributed by atoms with Gasteiger partial charge in [-0.15, -0.1) is 0 Å². The molecule has 0 aliphatic heterocycles. The minimum atomic E-state index is -3.41. The second kappa shape index (κ2) is 8.56. The highest BCUT2D eigenvalue weighted by atomic mass is 35.5. The summed E-state index contributed by atoms with van der Waals surface area (Å²) in [6.45, 7) is 1.93. The highest BCUT2D eigenvalue weighted by Crippen LogP contribution is 2.24. The fourth-order valence-corrected chi connectivity index (χ4v) is 3.18. The van der Waals surface area contributed by atoms with Crippen LogP contribution in [0.25, 0.3) is 0 Å². The first kappa shape index (κ1) is 20.3. The van der Waals surface area contributed by atoms with Gasteiger partial charge in [0.1, 0.15) is 0 Å². The number of carbonyl (C=O) groups excluding carboxylic acids is 1. The zero-order valence-corrected chi connectivity index (χ0v) is 16.6. The number of amides is 1. The molecule has 2 aromatic rings. The van der Waals surface area contributed by atoms with Crippen LogP contribution in [0, 0.1) is 0 Å². The van der Waals surface area contributed by atoms with Crippen LogP contribution in [0.1, 0.15) is 29.3 Å². The molecule has 0 bridgehead atoms. The van der Waals surface area contributed by atoms with E-state index >= 15 is 0 Å². The highest BCUT2D eigenvalue weighted by Gasteiger charge is 2.18. The summed E-state index contributed by atoms with van der Waals surface area (Å²) >= 11 is 6.14. The number of halogens is 1. The monoisotopic (exact) mass is 394 g/mol. The van der Waals surface area contributed by atoms with Gasteiger partial charge in [-0.25, -0.2) is 8.42 Å². The molecule has 5 nitrogen and oxygen atoms in total. The van der Waals surface area contributed by atoms with E-state index in [2.05, 4.69) is 17.4 Å². The van der Waals surface area contributed by atoms with Crippen molar-refractivity contribution < 1.29 is 13.2 Å². The average Bonchev–Trinajstić information content (AvgIpc) is 2.59. The summed E-state index contributed by atoms with van der Waals surface area (Å²) in [6.07, 6.45) is 2.75. The number of benzene rings is 2. The number of hydrogen-bond donors (Lipinski definition) is 1. The van der Waals surface area contributed by atoms with Crippen molar-refractivity contribution in [2.45, 2.75) is 25.8 Å². The van der Waals surface area contributed by atoms with Crippen LogP contribution < -0.4 is 9.62 Å². The normalized spacial score (nSPS) is 12.5. The number of carbonyl (C=O) groups is 1. The number of hydrogen-bond acceptors (Lipinski definition) is 3. The van der Waals surface area contributed by atoms with E-state index in [-0.39, 0.29) is 22.5 Å². The Morgan fingerprint density at radius 3 is 2.46 bits per heavy atom. The van der Waals surface area contributed by atoms with Gasteiger partial charge < -0.3 is 5.32 Å². The molecule has 0 spiro atoms. The molecule has 0 aliphatic carbocycles. The summed E-state index contributed by atoms with van der Waals surface area (Å²) in [5.41, 5.74) is 1.86. The van der Waals surface area contributed by atoms with Gasteiger partial charge in [0.15, 0.2) is 0 Å². The minimum Gasteiger partial charge on any atom is -0.350 e. The van der Waals surface area contributed by atoms with Gasteiger partial charge in [0.25, 0.3) is 5.91 Å². The predicted molar refractivity (Wildman–Crippen MR) is 106 cm³/mol. The zero-order valence-electron chi connectivity index (χ0n) is 15.1. The number of sulfonamides is 1. The third-order valence-corrected chi connectivity index (χ3v) is 5.68. The second-order valence-electron chi connectivity index (χ2n) is 6.29. The summed E-state index contributed by atoms with van der Waals surface area (Å²) in [7, 11) is -1.98. The molecule has 0 fully saturated rings. The molecule has 140 valence electrons. The van der Waals surface area contributed by atoms with Gasteiger partial charge >= 0.3 is 0 Å². The molecule has 26 heavy (non-hydrogen) atoms. The second-order valence-corrected chi connectivity index (χ2v) is 8.71. The van der Waals surface area contributed by atoms with Crippen molar-refractivity contribution in [3.8, 4) is 0 Å². The SMILES string of the molecule is C[C@H](CCc1ccccc1)NC(=O)c1cc(N(C)S(C)(=O)=O)ccc1Cl. The van der Waals surface area contributed by atoms with Crippen molar-refractivity contribution in [2.75, 3.05) is 17.6 Å². The molecule has 0 saturated carbocycles. The summed E-state index contributed by atoms with van der Waals surface area (Å²) in [6, 6.07) is 14.6. The molecular weight excluding hydrogens is 372 g/mol. The van der Waals surface area contributed by atoms with Crippen molar-refractivity contribution in [3.63, 3.8) is 0 Å². The molecule has 2 aromatic carbocycles. The van der Waals surface area contributed by atoms with Crippen molar-refractivity contribution in [3.05, 3.63) is 64.7 Å². The van der Waals surface area contributed by atoms with Gasteiger partial charge in [0, 0.05) is 13.1 Å². The van der Waals surface area contributed by atoms with Crippen molar-refractivity contribution in [2.24, 2.45) is 0 Å². The van der Waals surface area contributed by atoms with Crippen LogP contribution in [0.15, 0.2) is 48.5 Å². The number of anilines is 1. The fraction of sp³-hybridized carbons (Fsp3) is 0.316. The Hall–Kier alpha value is -2.05. The zero-order chi connectivity index (χ0) is 19.3. The number of rotatable bonds is 7. The highest BCUT2D eigenvalue weighted by molar-refractivity contribution is 7.92. The van der Waals surface area contributed by atoms with Gasteiger partial charge in [0.2, 0.25) is 10.0 Å². The lowest BCUT2D eigenvalue weighted by molar-refractivity contribution is 0.0938. The van der Waals surface area contributed by atoms with Crippen molar-refractivity contribution in [1.29, 1.82) is 0 Å². The Balaban J connectivity index is 2.06. The molecule has 0 aliphatic rings. The molecule has 0 unspecified atom stereocenters. The van der Waals surface area contributed by atoms with E-state index in [1.54, 1.807) is 6.07 Å². The van der Waals surface area contributed by atoms with E-state index in [9.17, 15) is 13.2 Å². The molecule has 0 heterocycles. The quantitative estimate of drug-likeness (QED) is 0.781. The van der Waals surface area contributed by atoms with Crippen LogP contribution in [0.5, 0.6) is 0 Å². The Kier molecular flexibility index (Phi) is 6.67. The Morgan fingerprint density at radius 1 is 1.19 bits per heavy atom. The standard InChI is InChI=1S/C19H23ClN2O3S/c1-14(9-10-15-7-5-4-6-8-15)21-19(23)17-13-16(11-12-18(17)20)22(2)26(3,24)25/h4-8,11-14H,9-10H2,1-3H3,(H,21,23)/t14-/m1/s1. The maximum atomic E-state index is 12.5. The van der Waals surface area contributed by atoms with Gasteiger partial charge in [0.05, 0.1) is 22.5 Å². The van der Waals surface area contributed by atoms with Crippen LogP contribution in [0.4, 0.5) is 5.69 Å². The van der Waals surface area contributed by atoms with Gasteiger partial charge in [-0.3, -0.25) is 9.10 Å². The third kappa shape index (κ3) is 5.47. The number of nitrogens with one attached hydrogen (secondary N) is 1. The van der Waals surface area contributed by atoms with Gasteiger partial charge in [-0.2, -0.15) is 0 Å². The maximum Gasteiger partial charge on any atom is 0.253 e. The van der Waals surface area contributed by atoms with Crippen LogP contribution in [-0.2, 0) is 16.4 Å². The molecule has 0 radical (unpaired) electrons. The van der Waals surface area contributed by atoms with E-state index in [0.717, 1.165) is 23.4 Å². The van der Waals surface area contributed by atoms with Crippen LogP contribution in [0.2, 0.25) is 5.02 Å². The molecule has 1 amide bonds. The lowest BCUT2D eigenvalue weighted by atomic mass is 10.1. The lowest BCUT2D eigenvalue weighted by Gasteiger charge is -2.19. The summed E-state index contributed by atoms with van der Waals surface area (Å²) in [5, 5.41) is 3.20. The predicted octanol–water partition coefficient (Wildman–Crippen LogP) is 3.49.